The highest BCUT2D eigenvalue weighted by molar-refractivity contribution is 7.89. The van der Waals surface area contributed by atoms with Crippen LogP contribution in [0.15, 0.2) is 11.2 Å². The number of aromatic nitrogens is 2. The van der Waals surface area contributed by atoms with Gasteiger partial charge in [-0.15, -0.1) is 0 Å². The van der Waals surface area contributed by atoms with Crippen LogP contribution in [0.3, 0.4) is 0 Å². The van der Waals surface area contributed by atoms with Crippen LogP contribution in [-0.4, -0.2) is 42.1 Å². The van der Waals surface area contributed by atoms with Crippen molar-refractivity contribution in [3.8, 4) is 0 Å². The third-order valence-electron chi connectivity index (χ3n) is 3.34. The van der Waals surface area contributed by atoms with Crippen molar-refractivity contribution in [2.75, 3.05) is 13.6 Å². The summed E-state index contributed by atoms with van der Waals surface area (Å²) in [5.41, 5.74) is 5.68. The van der Waals surface area contributed by atoms with Crippen molar-refractivity contribution in [2.24, 2.45) is 18.7 Å². The summed E-state index contributed by atoms with van der Waals surface area (Å²) in [7, 11) is -0.545. The molecule has 0 spiro atoms. The number of aryl methyl sites for hydroxylation is 1. The molecule has 102 valence electrons. The molecule has 0 aliphatic heterocycles. The summed E-state index contributed by atoms with van der Waals surface area (Å²) in [6, 6.07) is -0.166. The molecule has 0 aromatic carbocycles. The molecule has 1 aliphatic rings. The molecule has 1 fully saturated rings. The Morgan fingerprint density at radius 1 is 1.67 bits per heavy atom. The maximum absolute atomic E-state index is 12.5. The minimum atomic E-state index is -3.65. The van der Waals surface area contributed by atoms with E-state index in [0.717, 1.165) is 12.8 Å². The number of hydrogen-bond acceptors (Lipinski definition) is 4. The fourth-order valence-electron chi connectivity index (χ4n) is 2.12. The van der Waals surface area contributed by atoms with E-state index in [1.807, 2.05) is 0 Å². The highest BCUT2D eigenvalue weighted by atomic mass is 35.5. The van der Waals surface area contributed by atoms with E-state index in [0.29, 0.717) is 12.5 Å². The van der Waals surface area contributed by atoms with Crippen LogP contribution in [0.25, 0.3) is 0 Å². The predicted octanol–water partition coefficient (Wildman–Crippen LogP) is 0.431. The molecular formula is C10H17ClN4O2S. The quantitative estimate of drug-likeness (QED) is 0.853. The van der Waals surface area contributed by atoms with Gasteiger partial charge in [-0.2, -0.15) is 9.40 Å². The molecule has 8 heteroatoms. The number of rotatable bonds is 5. The van der Waals surface area contributed by atoms with Crippen LogP contribution in [0.1, 0.15) is 12.8 Å². The predicted molar refractivity (Wildman–Crippen MR) is 68.7 cm³/mol. The Bertz CT molecular complexity index is 519. The van der Waals surface area contributed by atoms with Crippen molar-refractivity contribution in [1.82, 2.24) is 14.1 Å². The molecule has 1 atom stereocenters. The molecule has 0 amide bonds. The summed E-state index contributed by atoms with van der Waals surface area (Å²) in [5.74, 6) is 0.363. The molecule has 1 aromatic rings. The summed E-state index contributed by atoms with van der Waals surface area (Å²) >= 11 is 5.90. The lowest BCUT2D eigenvalue weighted by molar-refractivity contribution is 0.338. The van der Waals surface area contributed by atoms with Crippen molar-refractivity contribution in [1.29, 1.82) is 0 Å². The fourth-order valence-corrected chi connectivity index (χ4v) is 4.15. The highest BCUT2D eigenvalue weighted by Crippen LogP contribution is 2.36. The van der Waals surface area contributed by atoms with Crippen molar-refractivity contribution in [2.45, 2.75) is 23.9 Å². The third kappa shape index (κ3) is 2.27. The van der Waals surface area contributed by atoms with E-state index >= 15 is 0 Å². The van der Waals surface area contributed by atoms with E-state index in [1.165, 1.54) is 15.2 Å². The van der Waals surface area contributed by atoms with E-state index in [9.17, 15) is 8.42 Å². The summed E-state index contributed by atoms with van der Waals surface area (Å²) in [6.45, 7) is 0.315. The molecule has 18 heavy (non-hydrogen) atoms. The van der Waals surface area contributed by atoms with E-state index in [1.54, 1.807) is 14.1 Å². The van der Waals surface area contributed by atoms with Gasteiger partial charge in [-0.25, -0.2) is 8.42 Å². The van der Waals surface area contributed by atoms with Crippen molar-refractivity contribution < 1.29 is 8.42 Å². The molecule has 6 nitrogen and oxygen atoms in total. The van der Waals surface area contributed by atoms with Gasteiger partial charge in [0.15, 0.2) is 5.03 Å². The second kappa shape index (κ2) is 4.80. The van der Waals surface area contributed by atoms with Crippen LogP contribution in [0.5, 0.6) is 0 Å². The third-order valence-corrected chi connectivity index (χ3v) is 5.73. The molecule has 0 radical (unpaired) electrons. The zero-order valence-corrected chi connectivity index (χ0v) is 11.9. The topological polar surface area (TPSA) is 81.2 Å². The summed E-state index contributed by atoms with van der Waals surface area (Å²) < 4.78 is 27.6. The Morgan fingerprint density at radius 2 is 2.28 bits per heavy atom. The Morgan fingerprint density at radius 3 is 2.67 bits per heavy atom. The van der Waals surface area contributed by atoms with Gasteiger partial charge in [-0.3, -0.25) is 4.68 Å². The molecule has 0 saturated heterocycles. The molecule has 1 unspecified atom stereocenters. The van der Waals surface area contributed by atoms with Crippen LogP contribution in [0, 0.1) is 5.92 Å². The maximum Gasteiger partial charge on any atom is 0.261 e. The summed E-state index contributed by atoms with van der Waals surface area (Å²) in [4.78, 5) is 0. The van der Waals surface area contributed by atoms with Crippen LogP contribution >= 0.6 is 11.6 Å². The van der Waals surface area contributed by atoms with E-state index in [2.05, 4.69) is 5.10 Å². The smallest absolute Gasteiger partial charge is 0.261 e. The Kier molecular flexibility index (Phi) is 3.68. The van der Waals surface area contributed by atoms with Crippen molar-refractivity contribution in [3.63, 3.8) is 0 Å². The van der Waals surface area contributed by atoms with Gasteiger partial charge in [0, 0.05) is 26.7 Å². The minimum Gasteiger partial charge on any atom is -0.329 e. The van der Waals surface area contributed by atoms with Crippen LogP contribution in [0.2, 0.25) is 5.02 Å². The monoisotopic (exact) mass is 292 g/mol. The minimum absolute atomic E-state index is 0.0192. The molecule has 1 heterocycles. The number of nitrogens with zero attached hydrogens (tertiary/aromatic N) is 3. The van der Waals surface area contributed by atoms with Gasteiger partial charge in [0.1, 0.15) is 0 Å². The van der Waals surface area contributed by atoms with E-state index in [4.69, 9.17) is 17.3 Å². The van der Waals surface area contributed by atoms with E-state index < -0.39 is 10.0 Å². The number of likely N-dealkylation sites (N-methyl/N-ethyl adjacent to an activating group) is 1. The first-order valence-corrected chi connectivity index (χ1v) is 7.57. The first-order valence-electron chi connectivity index (χ1n) is 5.75. The summed E-state index contributed by atoms with van der Waals surface area (Å²) in [6.07, 6.45) is 3.39. The van der Waals surface area contributed by atoms with Crippen LogP contribution < -0.4 is 5.73 Å². The van der Waals surface area contributed by atoms with Gasteiger partial charge < -0.3 is 5.73 Å². The van der Waals surface area contributed by atoms with Crippen LogP contribution in [-0.2, 0) is 17.1 Å². The zero-order valence-electron chi connectivity index (χ0n) is 10.4. The molecular weight excluding hydrogens is 276 g/mol. The highest BCUT2D eigenvalue weighted by Gasteiger charge is 2.39. The largest absolute Gasteiger partial charge is 0.329 e. The zero-order chi connectivity index (χ0) is 13.5. The maximum atomic E-state index is 12.5. The van der Waals surface area contributed by atoms with Gasteiger partial charge in [0.25, 0.3) is 10.0 Å². The molecule has 2 rings (SSSR count). The number of nitrogens with two attached hydrogens (primary N) is 1. The lowest BCUT2D eigenvalue weighted by atomic mass is 10.2. The van der Waals surface area contributed by atoms with Gasteiger partial charge in [-0.1, -0.05) is 11.6 Å². The molecule has 0 bridgehead atoms. The van der Waals surface area contributed by atoms with Crippen molar-refractivity contribution in [3.05, 3.63) is 11.2 Å². The Labute approximate surface area is 112 Å². The van der Waals surface area contributed by atoms with Gasteiger partial charge in [0.05, 0.1) is 11.2 Å². The SMILES string of the molecule is CN(C(CN)C1CC1)S(=O)(=O)c1c(Cl)cnn1C. The van der Waals surface area contributed by atoms with Gasteiger partial charge in [-0.05, 0) is 18.8 Å². The number of halogens is 1. The first-order chi connectivity index (χ1) is 8.39. The average Bonchev–Trinajstić information content (AvgIpc) is 3.06. The standard InChI is InChI=1S/C10H17ClN4O2S/c1-14-10(8(11)6-13-14)18(16,17)15(2)9(5-12)7-3-4-7/h6-7,9H,3-5,12H2,1-2H3. The molecule has 1 aromatic heterocycles. The van der Waals surface area contributed by atoms with Crippen molar-refractivity contribution >= 4 is 21.6 Å². The van der Waals surface area contributed by atoms with Crippen LogP contribution in [0.4, 0.5) is 0 Å². The fraction of sp³-hybridized carbons (Fsp3) is 0.700. The molecule has 1 aliphatic carbocycles. The first kappa shape index (κ1) is 13.8. The summed E-state index contributed by atoms with van der Waals surface area (Å²) in [5, 5.41) is 4.01. The van der Waals surface area contributed by atoms with E-state index in [-0.39, 0.29) is 16.1 Å². The second-order valence-electron chi connectivity index (χ2n) is 4.58. The Hall–Kier alpha value is -0.630. The second-order valence-corrected chi connectivity index (χ2v) is 6.90. The van der Waals surface area contributed by atoms with Gasteiger partial charge in [0.2, 0.25) is 0 Å². The molecule has 1 saturated carbocycles. The lowest BCUT2D eigenvalue weighted by Gasteiger charge is -2.26. The molecule has 2 N–H and O–H groups in total. The number of sulfonamides is 1. The number of hydrogen-bond donors (Lipinski definition) is 1. The van der Waals surface area contributed by atoms with Gasteiger partial charge >= 0.3 is 0 Å². The average molecular weight is 293 g/mol. The lowest BCUT2D eigenvalue weighted by Crippen LogP contribution is -2.43. The Balaban J connectivity index is 2.36. The normalized spacial score (nSPS) is 18.3.